The van der Waals surface area contributed by atoms with E-state index in [-0.39, 0.29) is 6.04 Å². The van der Waals surface area contributed by atoms with Crippen LogP contribution in [0.4, 0.5) is 8.78 Å². The van der Waals surface area contributed by atoms with Gasteiger partial charge in [0, 0.05) is 12.6 Å². The van der Waals surface area contributed by atoms with Gasteiger partial charge in [0.2, 0.25) is 0 Å². The summed E-state index contributed by atoms with van der Waals surface area (Å²) in [7, 11) is 0. The molecule has 0 unspecified atom stereocenters. The Bertz CT molecular complexity index is 630. The highest BCUT2D eigenvalue weighted by Crippen LogP contribution is 2.28. The first-order chi connectivity index (χ1) is 11.1. The van der Waals surface area contributed by atoms with Crippen molar-refractivity contribution in [3.8, 4) is 0 Å². The molecule has 0 radical (unpaired) electrons. The summed E-state index contributed by atoms with van der Waals surface area (Å²) in [5.74, 6) is -1.23. The van der Waals surface area contributed by atoms with Gasteiger partial charge >= 0.3 is 0 Å². The molecule has 1 aliphatic heterocycles. The van der Waals surface area contributed by atoms with E-state index in [1.54, 1.807) is 6.92 Å². The number of ether oxygens (including phenoxy) is 2. The van der Waals surface area contributed by atoms with Gasteiger partial charge < -0.3 is 14.8 Å². The molecule has 0 spiro atoms. The summed E-state index contributed by atoms with van der Waals surface area (Å²) < 4.78 is 38.4. The van der Waals surface area contributed by atoms with Crippen molar-refractivity contribution in [2.24, 2.45) is 0 Å². The second kappa shape index (κ2) is 7.17. The first-order valence-electron chi connectivity index (χ1n) is 7.65. The Kier molecular flexibility index (Phi) is 5.00. The zero-order chi connectivity index (χ0) is 16.2. The van der Waals surface area contributed by atoms with Gasteiger partial charge in [-0.2, -0.15) is 0 Å². The van der Waals surface area contributed by atoms with Crippen molar-refractivity contribution >= 4 is 0 Å². The first-order valence-corrected chi connectivity index (χ1v) is 7.65. The van der Waals surface area contributed by atoms with Crippen molar-refractivity contribution in [1.29, 1.82) is 0 Å². The minimum atomic E-state index is -0.613. The van der Waals surface area contributed by atoms with Crippen LogP contribution in [-0.4, -0.2) is 19.4 Å². The van der Waals surface area contributed by atoms with Crippen molar-refractivity contribution in [1.82, 2.24) is 5.32 Å². The van der Waals surface area contributed by atoms with Gasteiger partial charge in [0.05, 0.1) is 18.8 Å². The molecule has 0 amide bonds. The lowest BCUT2D eigenvalue weighted by Gasteiger charge is -2.34. The lowest BCUT2D eigenvalue weighted by Crippen LogP contribution is -2.43. The number of halogens is 2. The van der Waals surface area contributed by atoms with Crippen LogP contribution in [0.25, 0.3) is 0 Å². The van der Waals surface area contributed by atoms with Gasteiger partial charge in [-0.05, 0) is 30.2 Å². The van der Waals surface area contributed by atoms with Crippen molar-refractivity contribution < 1.29 is 18.3 Å². The van der Waals surface area contributed by atoms with Crippen LogP contribution in [0, 0.1) is 11.6 Å². The second-order valence-electron chi connectivity index (χ2n) is 5.56. The normalized spacial score (nSPS) is 22.7. The summed E-state index contributed by atoms with van der Waals surface area (Å²) >= 11 is 0. The molecule has 1 aliphatic rings. The topological polar surface area (TPSA) is 30.5 Å². The molecular weight excluding hydrogens is 300 g/mol. The largest absolute Gasteiger partial charge is 0.349 e. The number of nitrogens with one attached hydrogen (secondary N) is 1. The predicted molar refractivity (Wildman–Crippen MR) is 82.8 cm³/mol. The molecule has 0 aromatic heterocycles. The third-order valence-electron chi connectivity index (χ3n) is 3.87. The number of hydrogen-bond donors (Lipinski definition) is 1. The molecule has 5 heteroatoms. The molecule has 1 saturated heterocycles. The van der Waals surface area contributed by atoms with Crippen molar-refractivity contribution in [3.63, 3.8) is 0 Å². The van der Waals surface area contributed by atoms with E-state index in [1.165, 1.54) is 12.1 Å². The van der Waals surface area contributed by atoms with E-state index in [1.807, 2.05) is 30.3 Å². The van der Waals surface area contributed by atoms with Gasteiger partial charge in [0.15, 0.2) is 6.29 Å². The number of benzene rings is 2. The lowest BCUT2D eigenvalue weighted by molar-refractivity contribution is -0.200. The molecule has 0 saturated carbocycles. The third kappa shape index (κ3) is 3.93. The summed E-state index contributed by atoms with van der Waals surface area (Å²) in [4.78, 5) is 0. The van der Waals surface area contributed by atoms with Gasteiger partial charge in [-0.3, -0.25) is 0 Å². The fraction of sp³-hybridized carbons (Fsp3) is 0.333. The molecule has 2 aromatic carbocycles. The maximum atomic E-state index is 13.4. The fourth-order valence-corrected chi connectivity index (χ4v) is 2.72. The summed E-state index contributed by atoms with van der Waals surface area (Å²) in [6, 6.07) is 13.1. The highest BCUT2D eigenvalue weighted by atomic mass is 19.1. The van der Waals surface area contributed by atoms with Gasteiger partial charge in [0.1, 0.15) is 11.6 Å². The van der Waals surface area contributed by atoms with Crippen LogP contribution >= 0.6 is 0 Å². The molecule has 1 N–H and O–H groups in total. The summed E-state index contributed by atoms with van der Waals surface area (Å²) in [5.41, 5.74) is 1.50. The van der Waals surface area contributed by atoms with Crippen molar-refractivity contribution in [2.45, 2.75) is 25.4 Å². The Labute approximate surface area is 134 Å². The minimum absolute atomic E-state index is 0.120. The molecule has 3 rings (SSSR count). The van der Waals surface area contributed by atoms with Gasteiger partial charge in [-0.25, -0.2) is 8.78 Å². The lowest BCUT2D eigenvalue weighted by atomic mass is 10.0. The van der Waals surface area contributed by atoms with Crippen LogP contribution in [0.3, 0.4) is 0 Å². The van der Waals surface area contributed by atoms with Crippen LogP contribution in [0.15, 0.2) is 48.5 Å². The van der Waals surface area contributed by atoms with Gasteiger partial charge in [0.25, 0.3) is 0 Å². The summed E-state index contributed by atoms with van der Waals surface area (Å²) in [6.07, 6.45) is -1.01. The van der Waals surface area contributed by atoms with Crippen LogP contribution in [0.1, 0.15) is 30.2 Å². The van der Waals surface area contributed by atoms with E-state index in [9.17, 15) is 8.78 Å². The molecule has 122 valence electrons. The molecule has 3 atom stereocenters. The highest BCUT2D eigenvalue weighted by molar-refractivity contribution is 5.21. The highest BCUT2D eigenvalue weighted by Gasteiger charge is 2.29. The number of hydrogen-bond acceptors (Lipinski definition) is 3. The SMILES string of the molecule is C[C@@H](O[C@H]1OCCN[C@H]1c1ccccc1)c1cc(F)cc(F)c1. The van der Waals surface area contributed by atoms with E-state index >= 15 is 0 Å². The van der Waals surface area contributed by atoms with Crippen LogP contribution in [0.5, 0.6) is 0 Å². The van der Waals surface area contributed by atoms with E-state index in [4.69, 9.17) is 9.47 Å². The third-order valence-corrected chi connectivity index (χ3v) is 3.87. The zero-order valence-electron chi connectivity index (χ0n) is 12.8. The van der Waals surface area contributed by atoms with E-state index < -0.39 is 24.0 Å². The Hall–Kier alpha value is -1.82. The Morgan fingerprint density at radius 2 is 1.83 bits per heavy atom. The molecule has 0 aliphatic carbocycles. The molecule has 0 bridgehead atoms. The monoisotopic (exact) mass is 319 g/mol. The maximum Gasteiger partial charge on any atom is 0.177 e. The van der Waals surface area contributed by atoms with E-state index in [0.29, 0.717) is 12.2 Å². The molecule has 3 nitrogen and oxygen atoms in total. The number of morpholine rings is 1. The molecule has 1 fully saturated rings. The minimum Gasteiger partial charge on any atom is -0.349 e. The van der Waals surface area contributed by atoms with Crippen LogP contribution in [0.2, 0.25) is 0 Å². The molecule has 23 heavy (non-hydrogen) atoms. The van der Waals surface area contributed by atoms with Crippen molar-refractivity contribution in [3.05, 3.63) is 71.3 Å². The standard InChI is InChI=1S/C18H19F2NO2/c1-12(14-9-15(19)11-16(20)10-14)23-18-17(21-7-8-22-18)13-5-3-2-4-6-13/h2-6,9-12,17-18,21H,7-8H2,1H3/t12-,17+,18-/m1/s1. The van der Waals surface area contributed by atoms with Gasteiger partial charge in [-0.15, -0.1) is 0 Å². The Morgan fingerprint density at radius 3 is 2.52 bits per heavy atom. The van der Waals surface area contributed by atoms with E-state index in [0.717, 1.165) is 18.2 Å². The molecule has 1 heterocycles. The Balaban J connectivity index is 1.76. The predicted octanol–water partition coefficient (Wildman–Crippen LogP) is 3.73. The molecular formula is C18H19F2NO2. The molecule has 2 aromatic rings. The van der Waals surface area contributed by atoms with Crippen LogP contribution in [-0.2, 0) is 9.47 Å². The average molecular weight is 319 g/mol. The van der Waals surface area contributed by atoms with Crippen molar-refractivity contribution in [2.75, 3.05) is 13.2 Å². The second-order valence-corrected chi connectivity index (χ2v) is 5.56. The quantitative estimate of drug-likeness (QED) is 0.931. The fourth-order valence-electron chi connectivity index (χ4n) is 2.72. The summed E-state index contributed by atoms with van der Waals surface area (Å²) in [5, 5.41) is 3.37. The smallest absolute Gasteiger partial charge is 0.177 e. The number of rotatable bonds is 4. The van der Waals surface area contributed by atoms with E-state index in [2.05, 4.69) is 5.32 Å². The first kappa shape index (κ1) is 16.1. The average Bonchev–Trinajstić information content (AvgIpc) is 2.55. The Morgan fingerprint density at radius 1 is 1.13 bits per heavy atom. The summed E-state index contributed by atoms with van der Waals surface area (Å²) in [6.45, 7) is 3.01. The maximum absolute atomic E-state index is 13.4. The zero-order valence-corrected chi connectivity index (χ0v) is 12.8. The van der Waals surface area contributed by atoms with Crippen LogP contribution < -0.4 is 5.32 Å². The van der Waals surface area contributed by atoms with Gasteiger partial charge in [-0.1, -0.05) is 30.3 Å².